The minimum absolute atomic E-state index is 0.342. The van der Waals surface area contributed by atoms with Gasteiger partial charge < -0.3 is 4.90 Å². The van der Waals surface area contributed by atoms with E-state index in [0.717, 1.165) is 0 Å². The van der Waals surface area contributed by atoms with E-state index in [1.54, 1.807) is 0 Å². The second kappa shape index (κ2) is 3.84. The molecule has 0 fully saturated rings. The van der Waals surface area contributed by atoms with Crippen LogP contribution in [-0.4, -0.2) is 28.9 Å². The molecule has 0 spiro atoms. The van der Waals surface area contributed by atoms with Crippen molar-refractivity contribution in [3.8, 4) is 0 Å². The van der Waals surface area contributed by atoms with Gasteiger partial charge in [0.1, 0.15) is 5.84 Å². The third-order valence-electron chi connectivity index (χ3n) is 3.02. The molecule has 2 heteroatoms. The highest BCUT2D eigenvalue weighted by atomic mass is 15.3. The molecule has 2 atom stereocenters. The van der Waals surface area contributed by atoms with Gasteiger partial charge in [0.05, 0.1) is 12.1 Å². The molecule has 0 aromatic carbocycles. The molecule has 0 amide bonds. The lowest BCUT2D eigenvalue weighted by Crippen LogP contribution is -2.44. The summed E-state index contributed by atoms with van der Waals surface area (Å²) in [6.07, 6.45) is 8.71. The van der Waals surface area contributed by atoms with E-state index in [1.165, 1.54) is 5.84 Å². The summed E-state index contributed by atoms with van der Waals surface area (Å²) in [6.45, 7) is 8.93. The molecule has 0 radical (unpaired) electrons. The van der Waals surface area contributed by atoms with Crippen molar-refractivity contribution in [3.05, 3.63) is 24.3 Å². The van der Waals surface area contributed by atoms with Gasteiger partial charge in [0.25, 0.3) is 0 Å². The molecule has 0 aromatic rings. The molecule has 0 aromatic heterocycles. The molecule has 15 heavy (non-hydrogen) atoms. The Kier molecular flexibility index (Phi) is 2.68. The fourth-order valence-electron chi connectivity index (χ4n) is 2.39. The fourth-order valence-corrected chi connectivity index (χ4v) is 2.39. The summed E-state index contributed by atoms with van der Waals surface area (Å²) >= 11 is 0. The van der Waals surface area contributed by atoms with Crippen molar-refractivity contribution in [2.45, 2.75) is 45.8 Å². The van der Waals surface area contributed by atoms with Crippen molar-refractivity contribution >= 4 is 5.84 Å². The van der Waals surface area contributed by atoms with Crippen molar-refractivity contribution < 1.29 is 0 Å². The smallest absolute Gasteiger partial charge is 0.103 e. The van der Waals surface area contributed by atoms with E-state index >= 15 is 0 Å². The zero-order valence-corrected chi connectivity index (χ0v) is 10.0. The number of hydrogen-bond donors (Lipinski definition) is 0. The van der Waals surface area contributed by atoms with Crippen LogP contribution in [0.5, 0.6) is 0 Å². The van der Waals surface area contributed by atoms with E-state index in [-0.39, 0.29) is 0 Å². The van der Waals surface area contributed by atoms with Crippen molar-refractivity contribution in [1.82, 2.24) is 4.90 Å². The van der Waals surface area contributed by atoms with E-state index in [0.29, 0.717) is 24.0 Å². The van der Waals surface area contributed by atoms with Crippen molar-refractivity contribution in [2.24, 2.45) is 10.9 Å². The van der Waals surface area contributed by atoms with Gasteiger partial charge in [-0.05, 0) is 13.8 Å². The van der Waals surface area contributed by atoms with Gasteiger partial charge in [-0.3, -0.25) is 4.99 Å². The number of rotatable bonds is 2. The molecule has 0 bridgehead atoms. The molecular formula is C13H20N2. The maximum atomic E-state index is 4.82. The Hall–Kier alpha value is -1.05. The Bertz CT molecular complexity index is 323. The van der Waals surface area contributed by atoms with Crippen LogP contribution in [0.1, 0.15) is 27.7 Å². The molecule has 1 aliphatic carbocycles. The molecule has 1 aliphatic heterocycles. The number of amidine groups is 1. The molecule has 1 heterocycles. The van der Waals surface area contributed by atoms with Crippen LogP contribution in [0.4, 0.5) is 0 Å². The quantitative estimate of drug-likeness (QED) is 0.675. The second-order valence-corrected chi connectivity index (χ2v) is 4.89. The van der Waals surface area contributed by atoms with Crippen LogP contribution in [0, 0.1) is 5.92 Å². The zero-order valence-electron chi connectivity index (χ0n) is 10.0. The van der Waals surface area contributed by atoms with Gasteiger partial charge >= 0.3 is 0 Å². The first-order chi connectivity index (χ1) is 7.11. The third kappa shape index (κ3) is 1.73. The van der Waals surface area contributed by atoms with Crippen LogP contribution in [-0.2, 0) is 0 Å². The van der Waals surface area contributed by atoms with Gasteiger partial charge in [-0.15, -0.1) is 0 Å². The minimum Gasteiger partial charge on any atom is -0.349 e. The lowest BCUT2D eigenvalue weighted by atomic mass is 10.0. The normalized spacial score (nSPS) is 28.9. The molecule has 2 nitrogen and oxygen atoms in total. The predicted molar refractivity (Wildman–Crippen MR) is 65.1 cm³/mol. The first kappa shape index (κ1) is 10.5. The highest BCUT2D eigenvalue weighted by Crippen LogP contribution is 2.27. The largest absolute Gasteiger partial charge is 0.349 e. The maximum Gasteiger partial charge on any atom is 0.103 e. The molecule has 0 N–H and O–H groups in total. The average Bonchev–Trinajstić information content (AvgIpc) is 2.56. The molecule has 0 saturated heterocycles. The standard InChI is InChI=1S/C13H20N2/c1-9(2)13-14-11-7-5-6-8-12(11)15(13)10(3)4/h5-12H,1-4H3. The summed E-state index contributed by atoms with van der Waals surface area (Å²) in [6, 6.07) is 1.32. The number of allylic oxidation sites excluding steroid dienone is 2. The third-order valence-corrected chi connectivity index (χ3v) is 3.02. The number of aliphatic imine (C=N–C) groups is 1. The van der Waals surface area contributed by atoms with Crippen molar-refractivity contribution in [1.29, 1.82) is 0 Å². The summed E-state index contributed by atoms with van der Waals surface area (Å²) < 4.78 is 0. The van der Waals surface area contributed by atoms with Crippen LogP contribution < -0.4 is 0 Å². The first-order valence-corrected chi connectivity index (χ1v) is 5.82. The van der Waals surface area contributed by atoms with Gasteiger partial charge in [-0.25, -0.2) is 0 Å². The molecule has 82 valence electrons. The van der Waals surface area contributed by atoms with Crippen LogP contribution in [0.25, 0.3) is 0 Å². The minimum atomic E-state index is 0.342. The Morgan fingerprint density at radius 2 is 1.80 bits per heavy atom. The van der Waals surface area contributed by atoms with Crippen molar-refractivity contribution in [3.63, 3.8) is 0 Å². The number of hydrogen-bond acceptors (Lipinski definition) is 2. The van der Waals surface area contributed by atoms with Gasteiger partial charge in [0.15, 0.2) is 0 Å². The molecule has 2 aliphatic rings. The Labute approximate surface area is 92.4 Å². The SMILES string of the molecule is CC(C)C1=NC2C=CC=CC2N1C(C)C. The van der Waals surface area contributed by atoms with E-state index in [4.69, 9.17) is 4.99 Å². The van der Waals surface area contributed by atoms with Gasteiger partial charge in [-0.1, -0.05) is 38.2 Å². The monoisotopic (exact) mass is 204 g/mol. The summed E-state index contributed by atoms with van der Waals surface area (Å²) in [4.78, 5) is 7.27. The van der Waals surface area contributed by atoms with Gasteiger partial charge in [0, 0.05) is 12.0 Å². The average molecular weight is 204 g/mol. The van der Waals surface area contributed by atoms with Crippen LogP contribution >= 0.6 is 0 Å². The van der Waals surface area contributed by atoms with E-state index in [9.17, 15) is 0 Å². The van der Waals surface area contributed by atoms with E-state index in [1.807, 2.05) is 0 Å². The Morgan fingerprint density at radius 1 is 1.13 bits per heavy atom. The highest BCUT2D eigenvalue weighted by molar-refractivity contribution is 5.87. The summed E-state index contributed by atoms with van der Waals surface area (Å²) in [5.41, 5.74) is 0. The van der Waals surface area contributed by atoms with Crippen LogP contribution in [0.3, 0.4) is 0 Å². The highest BCUT2D eigenvalue weighted by Gasteiger charge is 2.36. The van der Waals surface area contributed by atoms with E-state index < -0.39 is 0 Å². The summed E-state index contributed by atoms with van der Waals surface area (Å²) in [7, 11) is 0. The zero-order chi connectivity index (χ0) is 11.0. The lowest BCUT2D eigenvalue weighted by molar-refractivity contribution is 0.301. The Balaban J connectivity index is 2.31. The Morgan fingerprint density at radius 3 is 2.40 bits per heavy atom. The van der Waals surface area contributed by atoms with Gasteiger partial charge in [0.2, 0.25) is 0 Å². The summed E-state index contributed by atoms with van der Waals surface area (Å²) in [5.74, 6) is 1.77. The molecule has 2 unspecified atom stereocenters. The summed E-state index contributed by atoms with van der Waals surface area (Å²) in [5, 5.41) is 0. The maximum absolute atomic E-state index is 4.82. The van der Waals surface area contributed by atoms with Crippen LogP contribution in [0.2, 0.25) is 0 Å². The van der Waals surface area contributed by atoms with Crippen LogP contribution in [0.15, 0.2) is 29.3 Å². The van der Waals surface area contributed by atoms with Crippen molar-refractivity contribution in [2.75, 3.05) is 0 Å². The molecular weight excluding hydrogens is 184 g/mol. The molecule has 2 rings (SSSR count). The second-order valence-electron chi connectivity index (χ2n) is 4.89. The van der Waals surface area contributed by atoms with E-state index in [2.05, 4.69) is 56.9 Å². The topological polar surface area (TPSA) is 15.6 Å². The molecule has 0 saturated carbocycles. The first-order valence-electron chi connectivity index (χ1n) is 5.82. The number of nitrogens with zero attached hydrogens (tertiary/aromatic N) is 2. The number of fused-ring (bicyclic) bond motifs is 1. The predicted octanol–water partition coefficient (Wildman–Crippen LogP) is 2.63. The van der Waals surface area contributed by atoms with Gasteiger partial charge in [-0.2, -0.15) is 0 Å². The lowest BCUT2D eigenvalue weighted by Gasteiger charge is -2.33. The fraction of sp³-hybridized carbons (Fsp3) is 0.615.